The highest BCUT2D eigenvalue weighted by molar-refractivity contribution is 6.31. The minimum absolute atomic E-state index is 0.111. The lowest BCUT2D eigenvalue weighted by molar-refractivity contribution is -0.145. The number of amides is 1. The standard InChI is InChI=1S/C25H25ClN2O6/c1-4-7-17-10-16(11-21(31-5-2)24(17)33-15-23(29)32-6-3)14-27-28-25(30)22-13-18-12-19(26)8-9-20(18)34-22/h4,8-14H,1,5-7,15H2,2-3H3,(H,28,30)/b27-14+. The number of rotatable bonds is 11. The normalized spacial score (nSPS) is 10.9. The zero-order valence-electron chi connectivity index (χ0n) is 18.9. The molecule has 3 aromatic rings. The smallest absolute Gasteiger partial charge is 0.344 e. The van der Waals surface area contributed by atoms with Gasteiger partial charge in [-0.25, -0.2) is 10.2 Å². The van der Waals surface area contributed by atoms with Crippen molar-refractivity contribution in [2.75, 3.05) is 19.8 Å². The molecule has 0 radical (unpaired) electrons. The summed E-state index contributed by atoms with van der Waals surface area (Å²) in [7, 11) is 0. The van der Waals surface area contributed by atoms with Crippen molar-refractivity contribution < 1.29 is 28.2 Å². The summed E-state index contributed by atoms with van der Waals surface area (Å²) >= 11 is 5.98. The van der Waals surface area contributed by atoms with Gasteiger partial charge in [-0.05, 0) is 62.2 Å². The van der Waals surface area contributed by atoms with Crippen molar-refractivity contribution in [1.29, 1.82) is 0 Å². The molecule has 9 heteroatoms. The average Bonchev–Trinajstić information content (AvgIpc) is 3.22. The van der Waals surface area contributed by atoms with Gasteiger partial charge in [0.2, 0.25) is 0 Å². The summed E-state index contributed by atoms with van der Waals surface area (Å²) in [5.41, 5.74) is 4.39. The fourth-order valence-electron chi connectivity index (χ4n) is 3.17. The second-order valence-electron chi connectivity index (χ2n) is 7.02. The van der Waals surface area contributed by atoms with Crippen molar-refractivity contribution in [3.05, 3.63) is 71.0 Å². The van der Waals surface area contributed by atoms with Crippen LogP contribution < -0.4 is 14.9 Å². The van der Waals surface area contributed by atoms with E-state index in [0.717, 1.165) is 10.9 Å². The molecule has 0 saturated carbocycles. The predicted molar refractivity (Wildman–Crippen MR) is 130 cm³/mol. The minimum atomic E-state index is -0.505. The number of nitrogens with zero attached hydrogens (tertiary/aromatic N) is 1. The van der Waals surface area contributed by atoms with E-state index in [1.165, 1.54) is 6.21 Å². The summed E-state index contributed by atoms with van der Waals surface area (Å²) in [6, 6.07) is 10.2. The molecule has 1 aromatic heterocycles. The Morgan fingerprint density at radius 1 is 1.15 bits per heavy atom. The van der Waals surface area contributed by atoms with Crippen LogP contribution in [0.5, 0.6) is 11.5 Å². The number of halogens is 1. The Labute approximate surface area is 202 Å². The van der Waals surface area contributed by atoms with Crippen LogP contribution in [0.25, 0.3) is 11.0 Å². The van der Waals surface area contributed by atoms with Crippen LogP contribution in [0.4, 0.5) is 0 Å². The molecule has 0 bridgehead atoms. The van der Waals surface area contributed by atoms with E-state index in [-0.39, 0.29) is 19.0 Å². The first kappa shape index (κ1) is 24.9. The van der Waals surface area contributed by atoms with Crippen molar-refractivity contribution in [3.63, 3.8) is 0 Å². The second kappa shape index (κ2) is 11.9. The lowest BCUT2D eigenvalue weighted by Gasteiger charge is -2.16. The topological polar surface area (TPSA) is 99.4 Å². The van der Waals surface area contributed by atoms with Gasteiger partial charge in [0.15, 0.2) is 23.9 Å². The first-order chi connectivity index (χ1) is 16.4. The molecule has 0 atom stereocenters. The molecule has 0 fully saturated rings. The number of carbonyl (C=O) groups excluding carboxylic acids is 2. The Balaban J connectivity index is 1.78. The van der Waals surface area contributed by atoms with Gasteiger partial charge < -0.3 is 18.6 Å². The van der Waals surface area contributed by atoms with Crippen LogP contribution in [-0.4, -0.2) is 37.9 Å². The van der Waals surface area contributed by atoms with Gasteiger partial charge in [-0.15, -0.1) is 6.58 Å². The Hall–Kier alpha value is -3.78. The number of furan rings is 1. The molecule has 34 heavy (non-hydrogen) atoms. The number of nitrogens with one attached hydrogen (secondary N) is 1. The summed E-state index contributed by atoms with van der Waals surface area (Å²) < 4.78 is 21.9. The van der Waals surface area contributed by atoms with Gasteiger partial charge in [0.25, 0.3) is 0 Å². The number of carbonyl (C=O) groups is 2. The van der Waals surface area contributed by atoms with Gasteiger partial charge in [0.05, 0.1) is 19.4 Å². The van der Waals surface area contributed by atoms with Crippen LogP contribution in [0, 0.1) is 0 Å². The Morgan fingerprint density at radius 2 is 1.97 bits per heavy atom. The molecule has 0 aliphatic heterocycles. The third-order valence-electron chi connectivity index (χ3n) is 4.54. The first-order valence-electron chi connectivity index (χ1n) is 10.7. The van der Waals surface area contributed by atoms with Crippen molar-refractivity contribution in [2.24, 2.45) is 5.10 Å². The highest BCUT2D eigenvalue weighted by Crippen LogP contribution is 2.33. The van der Waals surface area contributed by atoms with E-state index in [0.29, 0.717) is 40.7 Å². The summed E-state index contributed by atoms with van der Waals surface area (Å²) in [6.45, 7) is 7.74. The minimum Gasteiger partial charge on any atom is -0.490 e. The number of hydrazone groups is 1. The third-order valence-corrected chi connectivity index (χ3v) is 4.77. The fraction of sp³-hybridized carbons (Fsp3) is 0.240. The van der Waals surface area contributed by atoms with Crippen LogP contribution in [0.15, 0.2) is 58.6 Å². The lowest BCUT2D eigenvalue weighted by atomic mass is 10.1. The van der Waals surface area contributed by atoms with Gasteiger partial charge in [-0.1, -0.05) is 17.7 Å². The lowest BCUT2D eigenvalue weighted by Crippen LogP contribution is -2.17. The number of hydrogen-bond acceptors (Lipinski definition) is 7. The van der Waals surface area contributed by atoms with Gasteiger partial charge in [0.1, 0.15) is 5.58 Å². The largest absolute Gasteiger partial charge is 0.490 e. The van der Waals surface area contributed by atoms with Crippen molar-refractivity contribution in [1.82, 2.24) is 5.43 Å². The third kappa shape index (κ3) is 6.39. The van der Waals surface area contributed by atoms with E-state index in [4.69, 9.17) is 30.2 Å². The van der Waals surface area contributed by atoms with Crippen molar-refractivity contribution in [3.8, 4) is 11.5 Å². The number of fused-ring (bicyclic) bond motifs is 1. The molecule has 0 aliphatic rings. The number of benzene rings is 2. The first-order valence-corrected chi connectivity index (χ1v) is 11.0. The Kier molecular flexibility index (Phi) is 8.70. The van der Waals surface area contributed by atoms with E-state index in [2.05, 4.69) is 17.1 Å². The van der Waals surface area contributed by atoms with Gasteiger partial charge in [-0.2, -0.15) is 5.10 Å². The molecule has 0 spiro atoms. The zero-order valence-corrected chi connectivity index (χ0v) is 19.7. The Morgan fingerprint density at radius 3 is 2.71 bits per heavy atom. The maximum absolute atomic E-state index is 12.4. The maximum atomic E-state index is 12.4. The van der Waals surface area contributed by atoms with E-state index in [1.807, 2.05) is 13.0 Å². The van der Waals surface area contributed by atoms with Crippen LogP contribution >= 0.6 is 11.6 Å². The molecule has 1 N–H and O–H groups in total. The molecule has 0 saturated heterocycles. The molecule has 0 aliphatic carbocycles. The van der Waals surface area contributed by atoms with E-state index < -0.39 is 11.9 Å². The summed E-state index contributed by atoms with van der Waals surface area (Å²) in [6.07, 6.45) is 3.65. The van der Waals surface area contributed by atoms with Gasteiger partial charge in [-0.3, -0.25) is 4.79 Å². The maximum Gasteiger partial charge on any atom is 0.344 e. The van der Waals surface area contributed by atoms with Gasteiger partial charge >= 0.3 is 11.9 Å². The highest BCUT2D eigenvalue weighted by Gasteiger charge is 2.16. The van der Waals surface area contributed by atoms with Crippen LogP contribution in [-0.2, 0) is 16.0 Å². The summed E-state index contributed by atoms with van der Waals surface area (Å²) in [5.74, 6) is -0.00508. The zero-order chi connectivity index (χ0) is 24.5. The number of ether oxygens (including phenoxy) is 3. The van der Waals surface area contributed by atoms with Crippen LogP contribution in [0.1, 0.15) is 35.5 Å². The molecule has 2 aromatic carbocycles. The van der Waals surface area contributed by atoms with Gasteiger partial charge in [0, 0.05) is 16.0 Å². The predicted octanol–water partition coefficient (Wildman–Crippen LogP) is 4.92. The van der Waals surface area contributed by atoms with Crippen molar-refractivity contribution in [2.45, 2.75) is 20.3 Å². The summed E-state index contributed by atoms with van der Waals surface area (Å²) in [4.78, 5) is 24.2. The Bertz CT molecular complexity index is 1220. The van der Waals surface area contributed by atoms with Crippen LogP contribution in [0.2, 0.25) is 5.02 Å². The van der Waals surface area contributed by atoms with E-state index in [9.17, 15) is 9.59 Å². The molecular formula is C25H25ClN2O6. The molecule has 8 nitrogen and oxygen atoms in total. The van der Waals surface area contributed by atoms with Crippen LogP contribution in [0.3, 0.4) is 0 Å². The number of allylic oxidation sites excluding steroid dienone is 1. The molecule has 0 unspecified atom stereocenters. The molecule has 178 valence electrons. The monoisotopic (exact) mass is 484 g/mol. The number of hydrogen-bond donors (Lipinski definition) is 1. The molecule has 1 heterocycles. The van der Waals surface area contributed by atoms with E-state index >= 15 is 0 Å². The SMILES string of the molecule is C=CCc1cc(/C=N/NC(=O)c2cc3cc(Cl)ccc3o2)cc(OCC)c1OCC(=O)OCC. The highest BCUT2D eigenvalue weighted by atomic mass is 35.5. The van der Waals surface area contributed by atoms with E-state index in [1.54, 1.807) is 43.3 Å². The number of esters is 1. The second-order valence-corrected chi connectivity index (χ2v) is 7.46. The fourth-order valence-corrected chi connectivity index (χ4v) is 3.35. The molecular weight excluding hydrogens is 460 g/mol. The van der Waals surface area contributed by atoms with Crippen molar-refractivity contribution >= 4 is 40.7 Å². The molecule has 1 amide bonds. The molecule has 3 rings (SSSR count). The summed E-state index contributed by atoms with van der Waals surface area (Å²) in [5, 5.41) is 5.30. The quantitative estimate of drug-likeness (QED) is 0.179. The average molecular weight is 485 g/mol.